The normalized spacial score (nSPS) is 18.1. The number of methoxy groups -OCH3 is 2. The van der Waals surface area contributed by atoms with Crippen molar-refractivity contribution >= 4 is 57.6 Å². The summed E-state index contributed by atoms with van der Waals surface area (Å²) >= 11 is 3.47. The van der Waals surface area contributed by atoms with E-state index in [1.54, 1.807) is 32.4 Å². The molecule has 1 aliphatic rings. The molecule has 3 rings (SSSR count). The molecule has 0 bridgehead atoms. The number of carbonyl (C=O) groups excluding carboxylic acids is 4. The van der Waals surface area contributed by atoms with Crippen molar-refractivity contribution in [3.63, 3.8) is 0 Å². The van der Waals surface area contributed by atoms with E-state index in [0.29, 0.717) is 59.0 Å². The Morgan fingerprint density at radius 2 is 1.65 bits per heavy atom. The van der Waals surface area contributed by atoms with E-state index in [1.165, 1.54) is 11.3 Å². The number of nitrogens with zero attached hydrogens (tertiary/aromatic N) is 4. The van der Waals surface area contributed by atoms with E-state index in [1.807, 2.05) is 110 Å². The zero-order valence-electron chi connectivity index (χ0n) is 38.1. The second-order valence-electron chi connectivity index (χ2n) is 16.3. The minimum absolute atomic E-state index is 0.0225. The van der Waals surface area contributed by atoms with Crippen molar-refractivity contribution < 1.29 is 43.0 Å². The summed E-state index contributed by atoms with van der Waals surface area (Å²) in [5.41, 5.74) is 1.08. The fourth-order valence-corrected chi connectivity index (χ4v) is 9.74. The summed E-state index contributed by atoms with van der Waals surface area (Å²) < 4.78 is 22.3. The number of nitrogens with two attached hydrogens (primary N) is 1. The van der Waals surface area contributed by atoms with Gasteiger partial charge in [0.2, 0.25) is 17.7 Å². The number of ether oxygens (including phenoxy) is 4. The second kappa shape index (κ2) is 28.2. The first-order valence-electron chi connectivity index (χ1n) is 21.7. The Labute approximate surface area is 386 Å². The molecule has 4 N–H and O–H groups in total. The van der Waals surface area contributed by atoms with Crippen LogP contribution in [0.3, 0.4) is 0 Å². The van der Waals surface area contributed by atoms with E-state index in [-0.39, 0.29) is 54.0 Å². The first kappa shape index (κ1) is 53.5. The lowest BCUT2D eigenvalue weighted by molar-refractivity contribution is -0.146. The molecule has 1 aromatic heterocycles. The molecule has 2 aromatic rings. The molecule has 1 fully saturated rings. The van der Waals surface area contributed by atoms with Gasteiger partial charge in [-0.2, -0.15) is 0 Å². The van der Waals surface area contributed by atoms with Crippen LogP contribution in [0.15, 0.2) is 41.9 Å². The Morgan fingerprint density at radius 3 is 2.24 bits per heavy atom. The molecular formula is C44H72IN7O9S. The Balaban J connectivity index is 1.67. The molecule has 62 heavy (non-hydrogen) atoms. The Bertz CT molecular complexity index is 1610. The third-order valence-electron chi connectivity index (χ3n) is 11.8. The minimum atomic E-state index is -0.869. The van der Waals surface area contributed by atoms with E-state index < -0.39 is 34.3 Å². The van der Waals surface area contributed by atoms with Gasteiger partial charge in [-0.05, 0) is 66.3 Å². The van der Waals surface area contributed by atoms with Crippen LogP contribution in [0.5, 0.6) is 0 Å². The Hall–Kier alpha value is -2.82. The predicted molar refractivity (Wildman–Crippen MR) is 248 cm³/mol. The van der Waals surface area contributed by atoms with Gasteiger partial charge in [0, 0.05) is 45.9 Å². The lowest BCUT2D eigenvalue weighted by Gasteiger charge is -2.40. The largest absolute Gasteiger partial charge is 0.379 e. The summed E-state index contributed by atoms with van der Waals surface area (Å²) in [6.45, 7) is 12.8. The van der Waals surface area contributed by atoms with Gasteiger partial charge < -0.3 is 44.2 Å². The van der Waals surface area contributed by atoms with Crippen LogP contribution in [0.1, 0.15) is 76.9 Å². The SMILES string of the molecule is CC[C@H](C)[C@@H]([C@@H](CC(=O)N1CCC[C@H]1[C@H](OC)[C@@H](C)C(=O)N[C@@H](Cc1ccccc1)c1nccs1)OC)N(C)C(=O)[C@H](I)NC(=O)[C@H](C(C)C)N(C)CCOCCOCCON. The van der Waals surface area contributed by atoms with E-state index in [0.717, 1.165) is 23.4 Å². The third kappa shape index (κ3) is 16.0. The summed E-state index contributed by atoms with van der Waals surface area (Å²) in [5, 5.41) is 8.90. The topological polar surface area (TPSA) is 187 Å². The van der Waals surface area contributed by atoms with Crippen LogP contribution >= 0.6 is 33.9 Å². The summed E-state index contributed by atoms with van der Waals surface area (Å²) in [6.07, 6.45) is 3.33. The number of halogens is 1. The van der Waals surface area contributed by atoms with Crippen molar-refractivity contribution in [2.24, 2.45) is 23.7 Å². The zero-order chi connectivity index (χ0) is 45.8. The van der Waals surface area contributed by atoms with Gasteiger partial charge in [0.25, 0.3) is 5.91 Å². The number of benzene rings is 1. The van der Waals surface area contributed by atoms with Gasteiger partial charge in [-0.15, -0.1) is 11.3 Å². The van der Waals surface area contributed by atoms with Gasteiger partial charge in [-0.1, -0.05) is 71.4 Å². The number of hydrogen-bond donors (Lipinski definition) is 3. The van der Waals surface area contributed by atoms with Gasteiger partial charge in [-0.25, -0.2) is 10.9 Å². The van der Waals surface area contributed by atoms with Gasteiger partial charge >= 0.3 is 0 Å². The Morgan fingerprint density at radius 1 is 0.968 bits per heavy atom. The highest BCUT2D eigenvalue weighted by molar-refractivity contribution is 14.1. The smallest absolute Gasteiger partial charge is 0.255 e. The molecule has 350 valence electrons. The number of hydrogen-bond acceptors (Lipinski definition) is 13. The molecule has 9 atom stereocenters. The lowest BCUT2D eigenvalue weighted by atomic mass is 9.90. The molecule has 16 nitrogen and oxygen atoms in total. The van der Waals surface area contributed by atoms with E-state index in [9.17, 15) is 19.2 Å². The number of likely N-dealkylation sites (N-methyl/N-ethyl adjacent to an activating group) is 2. The predicted octanol–water partition coefficient (Wildman–Crippen LogP) is 4.22. The number of aromatic nitrogens is 1. The maximum Gasteiger partial charge on any atom is 0.255 e. The maximum absolute atomic E-state index is 14.3. The molecule has 0 radical (unpaired) electrons. The molecule has 0 saturated carbocycles. The summed E-state index contributed by atoms with van der Waals surface area (Å²) in [5.74, 6) is 3.48. The molecule has 1 aliphatic heterocycles. The van der Waals surface area contributed by atoms with Crippen molar-refractivity contribution in [3.8, 4) is 0 Å². The van der Waals surface area contributed by atoms with Gasteiger partial charge in [0.05, 0.1) is 81.7 Å². The van der Waals surface area contributed by atoms with E-state index in [4.69, 9.17) is 24.8 Å². The number of nitrogens with one attached hydrogen (secondary N) is 2. The average Bonchev–Trinajstić information content (AvgIpc) is 3.98. The molecular weight excluding hydrogens is 929 g/mol. The molecule has 0 spiro atoms. The number of amides is 4. The minimum Gasteiger partial charge on any atom is -0.379 e. The molecule has 0 aliphatic carbocycles. The van der Waals surface area contributed by atoms with E-state index >= 15 is 0 Å². The summed E-state index contributed by atoms with van der Waals surface area (Å²) in [4.78, 5) is 70.4. The van der Waals surface area contributed by atoms with Gasteiger partial charge in [0.15, 0.2) is 4.05 Å². The van der Waals surface area contributed by atoms with Crippen LogP contribution in [0.25, 0.3) is 0 Å². The monoisotopic (exact) mass is 1000 g/mol. The highest BCUT2D eigenvalue weighted by Gasteiger charge is 2.43. The van der Waals surface area contributed by atoms with Crippen LogP contribution in [0, 0.1) is 17.8 Å². The van der Waals surface area contributed by atoms with Crippen LogP contribution in [0.4, 0.5) is 0 Å². The molecule has 1 saturated heterocycles. The zero-order valence-corrected chi connectivity index (χ0v) is 41.1. The summed E-state index contributed by atoms with van der Waals surface area (Å²) in [7, 11) is 6.72. The quantitative estimate of drug-likeness (QED) is 0.0347. The van der Waals surface area contributed by atoms with Crippen LogP contribution in [-0.2, 0) is 49.4 Å². The highest BCUT2D eigenvalue weighted by Crippen LogP contribution is 2.30. The van der Waals surface area contributed by atoms with Crippen molar-refractivity contribution in [2.75, 3.05) is 74.4 Å². The van der Waals surface area contributed by atoms with Gasteiger partial charge in [0.1, 0.15) is 5.01 Å². The van der Waals surface area contributed by atoms with Crippen LogP contribution in [0.2, 0.25) is 0 Å². The fourth-order valence-electron chi connectivity index (χ4n) is 8.31. The molecule has 2 heterocycles. The van der Waals surface area contributed by atoms with Crippen LogP contribution in [-0.4, -0.2) is 152 Å². The first-order chi connectivity index (χ1) is 29.7. The second-order valence-corrected chi connectivity index (χ2v) is 18.5. The standard InChI is InChI=1S/C44H72IN7O9S/c1-10-30(4)38(51(7)44(56)40(45)49-42(55)37(29(2)3)50(6)20-21-59-22-23-60-24-25-61-46)35(57-8)28-36(53)52-19-14-17-34(52)39(58-9)31(5)41(54)48-33(43-47-18-26-62-43)27-32-15-12-11-13-16-32/h11-13,15-16,18,26,29-31,33-35,37-40H,10,14,17,19-25,27-28,46H2,1-9H3,(H,48,54)(H,49,55)/t30-,31+,33-,34-,35+,37-,38-,39+,40+/m0/s1. The molecule has 4 amide bonds. The van der Waals surface area contributed by atoms with Crippen molar-refractivity contribution in [1.82, 2.24) is 30.3 Å². The van der Waals surface area contributed by atoms with Gasteiger partial charge in [-0.3, -0.25) is 24.1 Å². The number of carbonyl (C=O) groups is 4. The van der Waals surface area contributed by atoms with E-state index in [2.05, 4.69) is 20.5 Å². The molecule has 18 heteroatoms. The van der Waals surface area contributed by atoms with Crippen molar-refractivity contribution in [2.45, 2.75) is 107 Å². The maximum atomic E-state index is 14.3. The molecule has 0 unspecified atom stereocenters. The summed E-state index contributed by atoms with van der Waals surface area (Å²) in [6, 6.07) is 8.36. The Kier molecular flexibility index (Phi) is 24.3. The average molecular weight is 1000 g/mol. The number of rotatable bonds is 29. The molecule has 1 aromatic carbocycles. The number of alkyl halides is 1. The number of likely N-dealkylation sites (tertiary alicyclic amines) is 1. The van der Waals surface area contributed by atoms with Crippen molar-refractivity contribution in [1.29, 1.82) is 0 Å². The van der Waals surface area contributed by atoms with Crippen molar-refractivity contribution in [3.05, 3.63) is 52.5 Å². The highest BCUT2D eigenvalue weighted by atomic mass is 127. The fraction of sp³-hybridized carbons (Fsp3) is 0.705. The first-order valence-corrected chi connectivity index (χ1v) is 23.8. The number of thiazole rings is 1. The lowest BCUT2D eigenvalue weighted by Crippen LogP contribution is -2.57. The van der Waals surface area contributed by atoms with Crippen LogP contribution < -0.4 is 16.5 Å². The third-order valence-corrected chi connectivity index (χ3v) is 13.5.